The van der Waals surface area contributed by atoms with E-state index in [4.69, 9.17) is 5.73 Å². The maximum Gasteiger partial charge on any atom is 0.262 e. The van der Waals surface area contributed by atoms with E-state index in [2.05, 4.69) is 11.8 Å². The zero-order valence-corrected chi connectivity index (χ0v) is 11.6. The lowest BCUT2D eigenvalue weighted by molar-refractivity contribution is 0.0554. The maximum atomic E-state index is 12.3. The molecule has 5 heteroatoms. The summed E-state index contributed by atoms with van der Waals surface area (Å²) < 4.78 is 0. The number of carbonyl (C=O) groups is 2. The van der Waals surface area contributed by atoms with E-state index in [1.807, 2.05) is 0 Å². The Balaban J connectivity index is 1.75. The predicted molar refractivity (Wildman–Crippen MR) is 75.2 cm³/mol. The highest BCUT2D eigenvalue weighted by Crippen LogP contribution is 2.30. The van der Waals surface area contributed by atoms with Crippen molar-refractivity contribution >= 4 is 11.8 Å². The fourth-order valence-corrected chi connectivity index (χ4v) is 2.98. The van der Waals surface area contributed by atoms with Gasteiger partial charge in [-0.25, -0.2) is 0 Å². The van der Waals surface area contributed by atoms with Gasteiger partial charge in [0.15, 0.2) is 0 Å². The second-order valence-corrected chi connectivity index (χ2v) is 6.04. The fraction of sp³-hybridized carbons (Fsp3) is 0.467. The minimum atomic E-state index is -0.188. The van der Waals surface area contributed by atoms with Gasteiger partial charge in [-0.05, 0) is 30.5 Å². The third-order valence-electron chi connectivity index (χ3n) is 4.35. The molecule has 1 aromatic carbocycles. The van der Waals surface area contributed by atoms with Gasteiger partial charge in [-0.1, -0.05) is 19.1 Å². The van der Waals surface area contributed by atoms with Crippen LogP contribution in [-0.2, 0) is 0 Å². The summed E-state index contributed by atoms with van der Waals surface area (Å²) in [6, 6.07) is 7.00. The molecule has 2 N–H and O–H groups in total. The third kappa shape index (κ3) is 2.03. The van der Waals surface area contributed by atoms with Gasteiger partial charge in [0.25, 0.3) is 11.8 Å². The van der Waals surface area contributed by atoms with Gasteiger partial charge in [-0.15, -0.1) is 0 Å². The molecule has 0 aliphatic carbocycles. The van der Waals surface area contributed by atoms with Gasteiger partial charge in [0.1, 0.15) is 0 Å². The highest BCUT2D eigenvalue weighted by atomic mass is 16.2. The highest BCUT2D eigenvalue weighted by Gasteiger charge is 2.39. The topological polar surface area (TPSA) is 66.6 Å². The van der Waals surface area contributed by atoms with Crippen LogP contribution in [0.1, 0.15) is 34.1 Å². The number of imide groups is 1. The number of rotatable bonds is 3. The van der Waals surface area contributed by atoms with E-state index in [0.717, 1.165) is 19.5 Å². The summed E-state index contributed by atoms with van der Waals surface area (Å²) in [5.74, 6) is -0.376. The molecule has 0 spiro atoms. The Morgan fingerprint density at radius 2 is 1.80 bits per heavy atom. The molecule has 0 radical (unpaired) electrons. The fourth-order valence-electron chi connectivity index (χ4n) is 2.98. The van der Waals surface area contributed by atoms with Gasteiger partial charge in [0, 0.05) is 13.1 Å². The monoisotopic (exact) mass is 273 g/mol. The predicted octanol–water partition coefficient (Wildman–Crippen LogP) is 0.911. The molecule has 1 aromatic rings. The summed E-state index contributed by atoms with van der Waals surface area (Å²) in [6.45, 7) is 4.85. The zero-order chi connectivity index (χ0) is 14.3. The molecule has 2 aliphatic heterocycles. The average molecular weight is 273 g/mol. The lowest BCUT2D eigenvalue weighted by atomic mass is 9.90. The normalized spacial score (nSPS) is 26.4. The van der Waals surface area contributed by atoms with Crippen molar-refractivity contribution in [2.45, 2.75) is 13.3 Å². The van der Waals surface area contributed by atoms with Gasteiger partial charge in [0.2, 0.25) is 0 Å². The number of fused-ring (bicyclic) bond motifs is 1. The lowest BCUT2D eigenvalue weighted by Gasteiger charge is -2.25. The van der Waals surface area contributed by atoms with E-state index in [0.29, 0.717) is 24.3 Å². The maximum absolute atomic E-state index is 12.3. The Kier molecular flexibility index (Phi) is 3.11. The van der Waals surface area contributed by atoms with Gasteiger partial charge >= 0.3 is 0 Å². The van der Waals surface area contributed by atoms with Crippen LogP contribution in [0.5, 0.6) is 0 Å². The molecule has 2 amide bonds. The summed E-state index contributed by atoms with van der Waals surface area (Å²) in [5, 5.41) is 0. The molecule has 20 heavy (non-hydrogen) atoms. The molecular weight excluding hydrogens is 254 g/mol. The van der Waals surface area contributed by atoms with Gasteiger partial charge in [-0.2, -0.15) is 0 Å². The van der Waals surface area contributed by atoms with Crippen molar-refractivity contribution in [1.29, 1.82) is 0 Å². The van der Waals surface area contributed by atoms with Crippen LogP contribution < -0.4 is 5.73 Å². The van der Waals surface area contributed by atoms with Gasteiger partial charge in [0.05, 0.1) is 17.8 Å². The molecule has 106 valence electrons. The smallest absolute Gasteiger partial charge is 0.262 e. The second-order valence-electron chi connectivity index (χ2n) is 6.04. The van der Waals surface area contributed by atoms with Crippen LogP contribution in [0.15, 0.2) is 24.3 Å². The van der Waals surface area contributed by atoms with Crippen LogP contribution >= 0.6 is 0 Å². The number of carbonyl (C=O) groups excluding carboxylic acids is 2. The number of nitrogens with zero attached hydrogens (tertiary/aromatic N) is 2. The molecule has 2 heterocycles. The molecular formula is C15H19N3O2. The average Bonchev–Trinajstić information content (AvgIpc) is 2.95. The summed E-state index contributed by atoms with van der Waals surface area (Å²) in [7, 11) is 0. The van der Waals surface area contributed by atoms with Crippen molar-refractivity contribution in [3.8, 4) is 0 Å². The van der Waals surface area contributed by atoms with Crippen LogP contribution in [0, 0.1) is 5.41 Å². The van der Waals surface area contributed by atoms with Gasteiger partial charge in [-0.3, -0.25) is 19.4 Å². The number of hydrogen-bond donors (Lipinski definition) is 1. The second kappa shape index (κ2) is 4.68. The summed E-state index contributed by atoms with van der Waals surface area (Å²) in [6.07, 6.45) is 1.01. The van der Waals surface area contributed by atoms with E-state index in [1.54, 1.807) is 24.3 Å². The zero-order valence-electron chi connectivity index (χ0n) is 11.6. The van der Waals surface area contributed by atoms with E-state index in [9.17, 15) is 9.59 Å². The van der Waals surface area contributed by atoms with E-state index in [1.165, 1.54) is 4.90 Å². The first-order chi connectivity index (χ1) is 9.54. The van der Waals surface area contributed by atoms with E-state index < -0.39 is 0 Å². The lowest BCUT2D eigenvalue weighted by Crippen LogP contribution is -2.41. The van der Waals surface area contributed by atoms with Crippen molar-refractivity contribution in [3.05, 3.63) is 35.4 Å². The number of benzene rings is 1. The number of hydrogen-bond acceptors (Lipinski definition) is 4. The Morgan fingerprint density at radius 1 is 1.20 bits per heavy atom. The van der Waals surface area contributed by atoms with Crippen molar-refractivity contribution < 1.29 is 9.59 Å². The van der Waals surface area contributed by atoms with E-state index in [-0.39, 0.29) is 17.2 Å². The first-order valence-electron chi connectivity index (χ1n) is 6.92. The molecule has 1 fully saturated rings. The molecule has 1 atom stereocenters. The first-order valence-corrected chi connectivity index (χ1v) is 6.92. The molecule has 1 saturated heterocycles. The minimum absolute atomic E-state index is 0.0959. The number of nitrogens with two attached hydrogens (primary N) is 1. The molecule has 3 rings (SSSR count). The standard InChI is InChI=1S/C15H19N3O2/c1-15(8-16)6-7-17(9-15)10-18-13(19)11-4-2-3-5-12(11)14(18)20/h2-5H,6-10,16H2,1H3. The molecule has 0 saturated carbocycles. The van der Waals surface area contributed by atoms with Crippen LogP contribution in [0.25, 0.3) is 0 Å². The Labute approximate surface area is 118 Å². The van der Waals surface area contributed by atoms with Crippen LogP contribution in [0.2, 0.25) is 0 Å². The van der Waals surface area contributed by atoms with Crippen molar-refractivity contribution in [2.24, 2.45) is 11.1 Å². The van der Waals surface area contributed by atoms with Crippen molar-refractivity contribution in [2.75, 3.05) is 26.3 Å². The van der Waals surface area contributed by atoms with Gasteiger partial charge < -0.3 is 5.73 Å². The minimum Gasteiger partial charge on any atom is -0.330 e. The summed E-state index contributed by atoms with van der Waals surface area (Å²) >= 11 is 0. The first kappa shape index (κ1) is 13.3. The third-order valence-corrected chi connectivity index (χ3v) is 4.35. The molecule has 0 bridgehead atoms. The molecule has 5 nitrogen and oxygen atoms in total. The number of amides is 2. The quantitative estimate of drug-likeness (QED) is 0.831. The van der Waals surface area contributed by atoms with Crippen LogP contribution in [-0.4, -0.2) is 47.9 Å². The highest BCUT2D eigenvalue weighted by molar-refractivity contribution is 6.21. The van der Waals surface area contributed by atoms with Crippen LogP contribution in [0.3, 0.4) is 0 Å². The molecule has 0 aromatic heterocycles. The Hall–Kier alpha value is -1.72. The van der Waals surface area contributed by atoms with Crippen LogP contribution in [0.4, 0.5) is 0 Å². The Bertz CT molecular complexity index is 537. The van der Waals surface area contributed by atoms with Crippen molar-refractivity contribution in [1.82, 2.24) is 9.80 Å². The summed E-state index contributed by atoms with van der Waals surface area (Å²) in [4.78, 5) is 28.0. The van der Waals surface area contributed by atoms with Crippen molar-refractivity contribution in [3.63, 3.8) is 0 Å². The molecule has 2 aliphatic rings. The summed E-state index contributed by atoms with van der Waals surface area (Å²) in [5.41, 5.74) is 6.91. The SMILES string of the molecule is CC1(CN)CCN(CN2C(=O)c3ccccc3C2=O)C1. The molecule has 1 unspecified atom stereocenters. The van der Waals surface area contributed by atoms with E-state index >= 15 is 0 Å². The largest absolute Gasteiger partial charge is 0.330 e. The Morgan fingerprint density at radius 3 is 2.30 bits per heavy atom. The number of likely N-dealkylation sites (tertiary alicyclic amines) is 1.